The fourth-order valence-corrected chi connectivity index (χ4v) is 0.909. The molecule has 2 amide bonds. The molecule has 0 aliphatic heterocycles. The van der Waals surface area contributed by atoms with Crippen LogP contribution in [0, 0.1) is 0 Å². The molecule has 0 spiro atoms. The number of carboxylic acids is 1. The third-order valence-electron chi connectivity index (χ3n) is 1.62. The van der Waals surface area contributed by atoms with Gasteiger partial charge in [-0.3, -0.25) is 4.79 Å². The Bertz CT molecular complexity index is 184. The topological polar surface area (TPSA) is 104 Å². The predicted octanol–water partition coefficient (Wildman–Crippen LogP) is -0.892. The Hall–Kier alpha value is -1.30. The number of nitrogens with two attached hydrogens (primary N) is 1. The van der Waals surface area contributed by atoms with Crippen LogP contribution < -0.4 is 16.4 Å². The van der Waals surface area contributed by atoms with E-state index in [1.807, 2.05) is 0 Å². The zero-order chi connectivity index (χ0) is 10.3. The second-order valence-corrected chi connectivity index (χ2v) is 2.61. The molecular formula is C7H15N3O3. The van der Waals surface area contributed by atoms with Crippen LogP contribution in [0.5, 0.6) is 0 Å². The van der Waals surface area contributed by atoms with Gasteiger partial charge in [0.2, 0.25) is 0 Å². The fourth-order valence-electron chi connectivity index (χ4n) is 0.909. The van der Waals surface area contributed by atoms with Crippen LogP contribution in [0.4, 0.5) is 4.79 Å². The van der Waals surface area contributed by atoms with Gasteiger partial charge in [0, 0.05) is 6.54 Å². The SMILES string of the molecule is CN[C@@H](CCCNC(N)=O)C(=O)O. The first kappa shape index (κ1) is 11.7. The van der Waals surface area contributed by atoms with E-state index in [1.54, 1.807) is 7.05 Å². The van der Waals surface area contributed by atoms with Crippen molar-refractivity contribution in [3.63, 3.8) is 0 Å². The normalized spacial score (nSPS) is 12.1. The maximum absolute atomic E-state index is 10.5. The molecule has 0 bridgehead atoms. The number of primary amides is 1. The first-order chi connectivity index (χ1) is 6.07. The minimum Gasteiger partial charge on any atom is -0.480 e. The molecule has 6 heteroatoms. The molecule has 0 rings (SSSR count). The lowest BCUT2D eigenvalue weighted by atomic mass is 10.1. The molecule has 0 fully saturated rings. The summed E-state index contributed by atoms with van der Waals surface area (Å²) in [6, 6.07) is -1.15. The van der Waals surface area contributed by atoms with Crippen molar-refractivity contribution in [1.82, 2.24) is 10.6 Å². The number of amides is 2. The Morgan fingerprint density at radius 1 is 1.54 bits per heavy atom. The lowest BCUT2D eigenvalue weighted by Gasteiger charge is -2.10. The highest BCUT2D eigenvalue weighted by Crippen LogP contribution is 1.95. The molecule has 6 nitrogen and oxygen atoms in total. The van der Waals surface area contributed by atoms with Gasteiger partial charge in [-0.2, -0.15) is 0 Å². The molecule has 0 heterocycles. The monoisotopic (exact) mass is 189 g/mol. The van der Waals surface area contributed by atoms with E-state index in [9.17, 15) is 9.59 Å². The summed E-state index contributed by atoms with van der Waals surface area (Å²) in [5, 5.41) is 13.6. The van der Waals surface area contributed by atoms with E-state index in [0.29, 0.717) is 19.4 Å². The molecule has 1 atom stereocenters. The highest BCUT2D eigenvalue weighted by molar-refractivity contribution is 5.73. The van der Waals surface area contributed by atoms with E-state index < -0.39 is 18.0 Å². The van der Waals surface area contributed by atoms with E-state index in [1.165, 1.54) is 0 Å². The van der Waals surface area contributed by atoms with Gasteiger partial charge in [0.15, 0.2) is 0 Å². The van der Waals surface area contributed by atoms with Crippen LogP contribution in [0.1, 0.15) is 12.8 Å². The maximum atomic E-state index is 10.5. The second kappa shape index (κ2) is 6.24. The summed E-state index contributed by atoms with van der Waals surface area (Å²) in [5.74, 6) is -0.887. The minimum absolute atomic E-state index is 0.404. The number of hydrogen-bond acceptors (Lipinski definition) is 3. The van der Waals surface area contributed by atoms with E-state index >= 15 is 0 Å². The molecule has 0 unspecified atom stereocenters. The van der Waals surface area contributed by atoms with Crippen molar-refractivity contribution >= 4 is 12.0 Å². The molecule has 0 aromatic carbocycles. The molecular weight excluding hydrogens is 174 g/mol. The van der Waals surface area contributed by atoms with E-state index in [0.717, 1.165) is 0 Å². The third kappa shape index (κ3) is 5.92. The van der Waals surface area contributed by atoms with Crippen molar-refractivity contribution < 1.29 is 14.7 Å². The predicted molar refractivity (Wildman–Crippen MR) is 47.3 cm³/mol. The Morgan fingerprint density at radius 2 is 2.15 bits per heavy atom. The summed E-state index contributed by atoms with van der Waals surface area (Å²) in [6.45, 7) is 0.404. The number of carbonyl (C=O) groups excluding carboxylic acids is 1. The average Bonchev–Trinajstić information content (AvgIpc) is 2.03. The molecule has 13 heavy (non-hydrogen) atoms. The Kier molecular flexibility index (Phi) is 5.62. The van der Waals surface area contributed by atoms with Gasteiger partial charge < -0.3 is 21.5 Å². The van der Waals surface area contributed by atoms with Crippen LogP contribution >= 0.6 is 0 Å². The number of nitrogens with one attached hydrogen (secondary N) is 2. The van der Waals surface area contributed by atoms with Gasteiger partial charge in [0.25, 0.3) is 0 Å². The molecule has 0 radical (unpaired) electrons. The van der Waals surface area contributed by atoms with Crippen molar-refractivity contribution in [2.24, 2.45) is 5.73 Å². The number of aliphatic carboxylic acids is 1. The maximum Gasteiger partial charge on any atom is 0.320 e. The zero-order valence-corrected chi connectivity index (χ0v) is 7.54. The van der Waals surface area contributed by atoms with Crippen molar-refractivity contribution in [3.05, 3.63) is 0 Å². The quantitative estimate of drug-likeness (QED) is 0.407. The van der Waals surface area contributed by atoms with Crippen LogP contribution in [-0.4, -0.2) is 36.7 Å². The largest absolute Gasteiger partial charge is 0.480 e. The van der Waals surface area contributed by atoms with E-state index in [-0.39, 0.29) is 0 Å². The lowest BCUT2D eigenvalue weighted by molar-refractivity contribution is -0.139. The number of carboxylic acid groups (broad SMARTS) is 1. The van der Waals surface area contributed by atoms with Crippen LogP contribution in [0.25, 0.3) is 0 Å². The Morgan fingerprint density at radius 3 is 2.54 bits per heavy atom. The molecule has 76 valence electrons. The van der Waals surface area contributed by atoms with Crippen LogP contribution in [-0.2, 0) is 4.79 Å². The van der Waals surface area contributed by atoms with Gasteiger partial charge in [0.1, 0.15) is 6.04 Å². The molecule has 5 N–H and O–H groups in total. The first-order valence-corrected chi connectivity index (χ1v) is 4.01. The molecule has 0 saturated carbocycles. The van der Waals surface area contributed by atoms with Crippen molar-refractivity contribution in [3.8, 4) is 0 Å². The Labute approximate surface area is 76.5 Å². The second-order valence-electron chi connectivity index (χ2n) is 2.61. The van der Waals surface area contributed by atoms with Gasteiger partial charge in [-0.25, -0.2) is 4.79 Å². The van der Waals surface area contributed by atoms with Gasteiger partial charge in [-0.05, 0) is 19.9 Å². The first-order valence-electron chi connectivity index (χ1n) is 4.01. The van der Waals surface area contributed by atoms with E-state index in [2.05, 4.69) is 10.6 Å². The average molecular weight is 189 g/mol. The highest BCUT2D eigenvalue weighted by atomic mass is 16.4. The van der Waals surface area contributed by atoms with Crippen molar-refractivity contribution in [2.75, 3.05) is 13.6 Å². The smallest absolute Gasteiger partial charge is 0.320 e. The molecule has 0 saturated heterocycles. The minimum atomic E-state index is -0.887. The molecule has 0 aromatic heterocycles. The van der Waals surface area contributed by atoms with E-state index in [4.69, 9.17) is 10.8 Å². The Balaban J connectivity index is 3.50. The molecule has 0 aliphatic rings. The molecule has 0 aliphatic carbocycles. The number of rotatable bonds is 6. The third-order valence-corrected chi connectivity index (χ3v) is 1.62. The van der Waals surface area contributed by atoms with Gasteiger partial charge >= 0.3 is 12.0 Å². The summed E-state index contributed by atoms with van der Waals surface area (Å²) >= 11 is 0. The van der Waals surface area contributed by atoms with Crippen LogP contribution in [0.3, 0.4) is 0 Å². The summed E-state index contributed by atoms with van der Waals surface area (Å²) in [7, 11) is 1.58. The summed E-state index contributed by atoms with van der Waals surface area (Å²) in [5.41, 5.74) is 4.82. The standard InChI is InChI=1S/C7H15N3O3/c1-9-5(6(11)12)3-2-4-10-7(8)13/h5,9H,2-4H2,1H3,(H,11,12)(H3,8,10,13)/t5-/m0/s1. The van der Waals surface area contributed by atoms with Gasteiger partial charge in [0.05, 0.1) is 0 Å². The zero-order valence-electron chi connectivity index (χ0n) is 7.54. The van der Waals surface area contributed by atoms with Gasteiger partial charge in [-0.1, -0.05) is 0 Å². The highest BCUT2D eigenvalue weighted by Gasteiger charge is 2.13. The fraction of sp³-hybridized carbons (Fsp3) is 0.714. The number of likely N-dealkylation sites (N-methyl/N-ethyl adjacent to an activating group) is 1. The summed E-state index contributed by atoms with van der Waals surface area (Å²) < 4.78 is 0. The summed E-state index contributed by atoms with van der Waals surface area (Å²) in [4.78, 5) is 20.7. The number of urea groups is 1. The van der Waals surface area contributed by atoms with Crippen molar-refractivity contribution in [1.29, 1.82) is 0 Å². The van der Waals surface area contributed by atoms with Gasteiger partial charge in [-0.15, -0.1) is 0 Å². The van der Waals surface area contributed by atoms with Crippen LogP contribution in [0.2, 0.25) is 0 Å². The lowest BCUT2D eigenvalue weighted by Crippen LogP contribution is -2.35. The van der Waals surface area contributed by atoms with Crippen LogP contribution in [0.15, 0.2) is 0 Å². The molecule has 0 aromatic rings. The number of carbonyl (C=O) groups is 2. The number of hydrogen-bond donors (Lipinski definition) is 4. The summed E-state index contributed by atoms with van der Waals surface area (Å²) in [6.07, 6.45) is 1.05. The van der Waals surface area contributed by atoms with Crippen molar-refractivity contribution in [2.45, 2.75) is 18.9 Å².